The van der Waals surface area contributed by atoms with Gasteiger partial charge in [-0.05, 0) is 79.2 Å². The topological polar surface area (TPSA) is 68.3 Å². The van der Waals surface area contributed by atoms with Gasteiger partial charge in [-0.25, -0.2) is 18.3 Å². The lowest BCUT2D eigenvalue weighted by Crippen LogP contribution is -2.27. The number of benzene rings is 2. The second-order valence-corrected chi connectivity index (χ2v) is 10.0. The highest BCUT2D eigenvalue weighted by atomic mass is 32.2. The van der Waals surface area contributed by atoms with E-state index in [4.69, 9.17) is 14.2 Å². The number of fused-ring (bicyclic) bond motifs is 3. The molecule has 0 aromatic heterocycles. The van der Waals surface area contributed by atoms with Gasteiger partial charge in [0.25, 0.3) is 0 Å². The second-order valence-electron chi connectivity index (χ2n) is 9.04. The van der Waals surface area contributed by atoms with Crippen molar-refractivity contribution in [1.29, 1.82) is 0 Å². The summed E-state index contributed by atoms with van der Waals surface area (Å²) in [5.74, 6) is 0.286. The molecule has 198 valence electrons. The zero-order valence-electron chi connectivity index (χ0n) is 21.7. The molecule has 0 spiro atoms. The van der Waals surface area contributed by atoms with E-state index in [1.54, 1.807) is 12.1 Å². The molecule has 1 fully saturated rings. The number of carbonyl (C=O) groups is 2. The Labute approximate surface area is 221 Å². The number of hydrogen-bond acceptors (Lipinski definition) is 7. The first-order valence-electron chi connectivity index (χ1n) is 12.5. The number of rotatable bonds is 10. The average Bonchev–Trinajstić information content (AvgIpc) is 3.72. The monoisotopic (exact) mass is 528 g/mol. The number of nitrogens with zero attached hydrogens (tertiary/aromatic N) is 2. The van der Waals surface area contributed by atoms with Crippen molar-refractivity contribution in [3.05, 3.63) is 58.9 Å². The summed E-state index contributed by atoms with van der Waals surface area (Å²) in [6, 6.07) is 8.01. The molecule has 1 aliphatic carbocycles. The number of esters is 1. The fraction of sp³-hybridized carbons (Fsp3) is 0.429. The molecule has 7 nitrogen and oxygen atoms in total. The molecule has 2 aromatic carbocycles. The molecular weight excluding hydrogens is 495 g/mol. The van der Waals surface area contributed by atoms with Crippen molar-refractivity contribution in [2.45, 2.75) is 37.5 Å². The van der Waals surface area contributed by atoms with Crippen molar-refractivity contribution in [1.82, 2.24) is 4.90 Å². The lowest BCUT2D eigenvalue weighted by Gasteiger charge is -2.26. The Balaban J connectivity index is 1.68. The molecule has 2 aliphatic rings. The van der Waals surface area contributed by atoms with Crippen molar-refractivity contribution >= 4 is 35.8 Å². The van der Waals surface area contributed by atoms with Crippen LogP contribution in [0.1, 0.15) is 54.1 Å². The summed E-state index contributed by atoms with van der Waals surface area (Å²) in [6.07, 6.45) is 4.99. The van der Waals surface area contributed by atoms with Gasteiger partial charge in [-0.1, -0.05) is 32.1 Å². The summed E-state index contributed by atoms with van der Waals surface area (Å²) >= 11 is 1.05. The fourth-order valence-corrected chi connectivity index (χ4v) is 5.57. The van der Waals surface area contributed by atoms with Gasteiger partial charge in [0.15, 0.2) is 0 Å². The minimum Gasteiger partial charge on any atom is -0.492 e. The van der Waals surface area contributed by atoms with E-state index in [-0.39, 0.29) is 11.4 Å². The summed E-state index contributed by atoms with van der Waals surface area (Å²) in [4.78, 5) is 28.9. The molecule has 1 amide bonds. The highest BCUT2D eigenvalue weighted by Crippen LogP contribution is 2.56. The van der Waals surface area contributed by atoms with Gasteiger partial charge >= 0.3 is 12.1 Å². The van der Waals surface area contributed by atoms with Gasteiger partial charge in [0.1, 0.15) is 17.1 Å². The Hall–Kier alpha value is -3.04. The first-order chi connectivity index (χ1) is 17.9. The standard InChI is InChI=1S/C28H33FN2O5S/c1-5-30(6-2)14-8-7-9-18-15-20(29)10-13-24(18)37-31(28(33)35-4)23-12-11-21-22-16-19(22)17-36-26(21)25(23)27(32)34-3/h7,9-13,15,19,22H,5-6,8,14,16-17H2,1-4H3/b9-7-. The van der Waals surface area contributed by atoms with Crippen molar-refractivity contribution in [2.75, 3.05) is 44.8 Å². The largest absolute Gasteiger partial charge is 0.492 e. The zero-order valence-corrected chi connectivity index (χ0v) is 22.5. The van der Waals surface area contributed by atoms with Crippen LogP contribution in [0.3, 0.4) is 0 Å². The van der Waals surface area contributed by atoms with Crippen LogP contribution in [0.2, 0.25) is 0 Å². The Morgan fingerprint density at radius 3 is 2.65 bits per heavy atom. The lowest BCUT2D eigenvalue weighted by molar-refractivity contribution is 0.0596. The third kappa shape index (κ3) is 5.93. The Morgan fingerprint density at radius 2 is 1.95 bits per heavy atom. The van der Waals surface area contributed by atoms with Gasteiger partial charge in [-0.15, -0.1) is 0 Å². The SMILES string of the molecule is CCN(CC)CC/C=C\c1cc(F)ccc1SN(C(=O)OC)c1ccc2c(c1C(=O)OC)OCC1CC21. The van der Waals surface area contributed by atoms with Gasteiger partial charge in [0, 0.05) is 17.4 Å². The molecule has 9 heteroatoms. The van der Waals surface area contributed by atoms with E-state index < -0.39 is 12.1 Å². The van der Waals surface area contributed by atoms with Crippen molar-refractivity contribution < 1.29 is 28.2 Å². The van der Waals surface area contributed by atoms with E-state index in [2.05, 4.69) is 18.7 Å². The van der Waals surface area contributed by atoms with E-state index in [1.807, 2.05) is 18.2 Å². The van der Waals surface area contributed by atoms with Crippen LogP contribution >= 0.6 is 11.9 Å². The highest BCUT2D eigenvalue weighted by molar-refractivity contribution is 8.01. The third-order valence-corrected chi connectivity index (χ3v) is 7.94. The summed E-state index contributed by atoms with van der Waals surface area (Å²) in [5, 5.41) is 0. The predicted octanol–water partition coefficient (Wildman–Crippen LogP) is 6.13. The zero-order chi connectivity index (χ0) is 26.5. The number of amides is 1. The second kappa shape index (κ2) is 12.0. The smallest absolute Gasteiger partial charge is 0.424 e. The molecule has 2 atom stereocenters. The number of carbonyl (C=O) groups excluding carboxylic acids is 2. The van der Waals surface area contributed by atoms with Crippen LogP contribution < -0.4 is 9.04 Å². The van der Waals surface area contributed by atoms with Crippen LogP contribution in [0.4, 0.5) is 14.9 Å². The summed E-state index contributed by atoms with van der Waals surface area (Å²) in [6.45, 7) is 7.59. The summed E-state index contributed by atoms with van der Waals surface area (Å²) < 4.78 is 31.6. The number of hydrogen-bond donors (Lipinski definition) is 0. The first kappa shape index (κ1) is 27.0. The van der Waals surface area contributed by atoms with Gasteiger partial charge < -0.3 is 19.1 Å². The van der Waals surface area contributed by atoms with E-state index >= 15 is 0 Å². The number of halogens is 1. The van der Waals surface area contributed by atoms with Gasteiger partial charge in [0.2, 0.25) is 0 Å². The minimum atomic E-state index is -0.684. The van der Waals surface area contributed by atoms with Gasteiger partial charge in [0.05, 0.1) is 26.5 Å². The molecule has 1 aliphatic heterocycles. The number of anilines is 1. The summed E-state index contributed by atoms with van der Waals surface area (Å²) in [7, 11) is 2.57. The van der Waals surface area contributed by atoms with Crippen LogP contribution in [0.15, 0.2) is 41.3 Å². The minimum absolute atomic E-state index is 0.182. The van der Waals surface area contributed by atoms with E-state index in [9.17, 15) is 14.0 Å². The predicted molar refractivity (Wildman–Crippen MR) is 143 cm³/mol. The molecule has 0 N–H and O–H groups in total. The molecule has 0 radical (unpaired) electrons. The van der Waals surface area contributed by atoms with Crippen LogP contribution in [0, 0.1) is 11.7 Å². The van der Waals surface area contributed by atoms with Gasteiger partial charge in [-0.2, -0.15) is 0 Å². The van der Waals surface area contributed by atoms with Crippen molar-refractivity contribution in [2.24, 2.45) is 5.92 Å². The number of ether oxygens (including phenoxy) is 3. The molecule has 0 saturated heterocycles. The molecule has 1 saturated carbocycles. The quantitative estimate of drug-likeness (QED) is 0.271. The summed E-state index contributed by atoms with van der Waals surface area (Å²) in [5.41, 5.74) is 2.05. The third-order valence-electron chi connectivity index (χ3n) is 6.84. The van der Waals surface area contributed by atoms with Crippen LogP contribution in [0.5, 0.6) is 5.75 Å². The Morgan fingerprint density at radius 1 is 1.16 bits per heavy atom. The molecule has 4 rings (SSSR count). The maximum absolute atomic E-state index is 14.2. The molecule has 37 heavy (non-hydrogen) atoms. The molecule has 1 heterocycles. The van der Waals surface area contributed by atoms with Crippen LogP contribution in [0.25, 0.3) is 6.08 Å². The lowest BCUT2D eigenvalue weighted by atomic mass is 10.00. The normalized spacial score (nSPS) is 17.7. The van der Waals surface area contributed by atoms with E-state index in [0.29, 0.717) is 40.3 Å². The van der Waals surface area contributed by atoms with Crippen LogP contribution in [-0.2, 0) is 9.47 Å². The highest BCUT2D eigenvalue weighted by Gasteiger charge is 2.46. The fourth-order valence-electron chi connectivity index (χ4n) is 4.61. The average molecular weight is 529 g/mol. The molecule has 2 aromatic rings. The first-order valence-corrected chi connectivity index (χ1v) is 13.3. The van der Waals surface area contributed by atoms with E-state index in [1.165, 1.54) is 30.7 Å². The van der Waals surface area contributed by atoms with Crippen molar-refractivity contribution in [3.8, 4) is 5.75 Å². The molecule has 0 bridgehead atoms. The molecule has 2 unspecified atom stereocenters. The maximum Gasteiger partial charge on any atom is 0.424 e. The Kier molecular flexibility index (Phi) is 8.76. The van der Waals surface area contributed by atoms with Gasteiger partial charge in [-0.3, -0.25) is 0 Å². The number of methoxy groups -OCH3 is 2. The van der Waals surface area contributed by atoms with Crippen molar-refractivity contribution in [3.63, 3.8) is 0 Å². The molecular formula is C28H33FN2O5S. The maximum atomic E-state index is 14.2. The Bertz CT molecular complexity index is 1180. The van der Waals surface area contributed by atoms with Crippen LogP contribution in [-0.4, -0.2) is 57.4 Å². The van der Waals surface area contributed by atoms with E-state index in [0.717, 1.165) is 50.0 Å².